The van der Waals surface area contributed by atoms with Gasteiger partial charge >= 0.3 is 0 Å². The number of aryl methyl sites for hydroxylation is 1. The minimum Gasteiger partial charge on any atom is -0.392 e. The number of hydrogen-bond acceptors (Lipinski definition) is 2. The van der Waals surface area contributed by atoms with E-state index in [9.17, 15) is 0 Å². The maximum absolute atomic E-state index is 9.09. The van der Waals surface area contributed by atoms with Crippen molar-refractivity contribution in [3.8, 4) is 0 Å². The number of aliphatic hydroxyl groups excluding tert-OH is 1. The smallest absolute Gasteiger partial charge is 0.0684 e. The zero-order chi connectivity index (χ0) is 10.7. The lowest BCUT2D eigenvalue weighted by Gasteiger charge is -2.11. The van der Waals surface area contributed by atoms with Crippen LogP contribution in [0.1, 0.15) is 12.5 Å². The van der Waals surface area contributed by atoms with Gasteiger partial charge < -0.3 is 10.4 Å². The number of nitrogens with one attached hydrogen (secondary N) is 1. The zero-order valence-corrected chi connectivity index (χ0v) is 9.65. The summed E-state index contributed by atoms with van der Waals surface area (Å²) in [5.41, 5.74) is 1.70. The Balaban J connectivity index is 2.82. The Morgan fingerprint density at radius 3 is 2.57 bits per heavy atom. The highest BCUT2D eigenvalue weighted by Crippen LogP contribution is 2.28. The Bertz CT molecular complexity index is 326. The van der Waals surface area contributed by atoms with E-state index in [1.807, 2.05) is 6.92 Å². The molecule has 0 heterocycles. The number of halogens is 2. The van der Waals surface area contributed by atoms with Crippen molar-refractivity contribution >= 4 is 28.9 Å². The molecule has 0 saturated heterocycles. The lowest BCUT2D eigenvalue weighted by Crippen LogP contribution is -2.15. The van der Waals surface area contributed by atoms with Crippen molar-refractivity contribution in [2.45, 2.75) is 20.0 Å². The van der Waals surface area contributed by atoms with Crippen LogP contribution in [0.2, 0.25) is 10.0 Å². The van der Waals surface area contributed by atoms with Crippen LogP contribution < -0.4 is 5.32 Å². The molecule has 1 aromatic carbocycles. The molecule has 78 valence electrons. The fraction of sp³-hybridized carbons (Fsp3) is 0.400. The molecular formula is C10H13Cl2NO. The van der Waals surface area contributed by atoms with Crippen LogP contribution in [-0.4, -0.2) is 17.8 Å². The third-order valence-corrected chi connectivity index (χ3v) is 2.56. The third kappa shape index (κ3) is 3.05. The quantitative estimate of drug-likeness (QED) is 0.842. The minimum atomic E-state index is -0.411. The molecule has 0 unspecified atom stereocenters. The first-order chi connectivity index (χ1) is 6.50. The molecule has 0 aliphatic heterocycles. The molecule has 0 bridgehead atoms. The van der Waals surface area contributed by atoms with Gasteiger partial charge in [0.2, 0.25) is 0 Å². The van der Waals surface area contributed by atoms with E-state index >= 15 is 0 Å². The average Bonchev–Trinajstić information content (AvgIpc) is 2.09. The van der Waals surface area contributed by atoms with Crippen molar-refractivity contribution in [2.75, 3.05) is 11.9 Å². The van der Waals surface area contributed by atoms with E-state index < -0.39 is 6.10 Å². The molecule has 0 aliphatic carbocycles. The van der Waals surface area contributed by atoms with Gasteiger partial charge in [0, 0.05) is 11.6 Å². The van der Waals surface area contributed by atoms with Crippen molar-refractivity contribution in [1.82, 2.24) is 0 Å². The fourth-order valence-corrected chi connectivity index (χ4v) is 1.49. The van der Waals surface area contributed by atoms with Crippen LogP contribution in [0.5, 0.6) is 0 Å². The number of benzene rings is 1. The van der Waals surface area contributed by atoms with Crippen LogP contribution in [0.15, 0.2) is 12.1 Å². The van der Waals surface area contributed by atoms with Crippen LogP contribution in [-0.2, 0) is 0 Å². The molecule has 2 N–H and O–H groups in total. The van der Waals surface area contributed by atoms with Crippen LogP contribution in [0.4, 0.5) is 5.69 Å². The molecule has 0 fully saturated rings. The minimum absolute atomic E-state index is 0.411. The first-order valence-electron chi connectivity index (χ1n) is 4.38. The molecule has 0 amide bonds. The van der Waals surface area contributed by atoms with E-state index in [-0.39, 0.29) is 0 Å². The van der Waals surface area contributed by atoms with Gasteiger partial charge in [0.15, 0.2) is 0 Å². The molecule has 4 heteroatoms. The van der Waals surface area contributed by atoms with E-state index in [2.05, 4.69) is 5.32 Å². The van der Waals surface area contributed by atoms with Gasteiger partial charge in [-0.15, -0.1) is 0 Å². The highest BCUT2D eigenvalue weighted by atomic mass is 35.5. The number of aliphatic hydroxyl groups is 1. The topological polar surface area (TPSA) is 32.3 Å². The highest BCUT2D eigenvalue weighted by molar-refractivity contribution is 6.35. The van der Waals surface area contributed by atoms with Crippen LogP contribution >= 0.6 is 23.2 Å². The zero-order valence-electron chi connectivity index (χ0n) is 8.14. The van der Waals surface area contributed by atoms with Crippen molar-refractivity contribution in [1.29, 1.82) is 0 Å². The Hall–Kier alpha value is -0.440. The number of hydrogen-bond donors (Lipinski definition) is 2. The van der Waals surface area contributed by atoms with Crippen molar-refractivity contribution in [3.63, 3.8) is 0 Å². The molecule has 0 saturated carbocycles. The van der Waals surface area contributed by atoms with Crippen LogP contribution in [0.3, 0.4) is 0 Å². The van der Waals surface area contributed by atoms with Gasteiger partial charge in [-0.1, -0.05) is 23.2 Å². The predicted octanol–water partition coefficient (Wildman–Crippen LogP) is 3.09. The molecule has 14 heavy (non-hydrogen) atoms. The monoisotopic (exact) mass is 233 g/mol. The summed E-state index contributed by atoms with van der Waals surface area (Å²) in [6, 6.07) is 3.57. The van der Waals surface area contributed by atoms with Gasteiger partial charge in [0.1, 0.15) is 0 Å². The first kappa shape index (κ1) is 11.6. The summed E-state index contributed by atoms with van der Waals surface area (Å²) in [4.78, 5) is 0. The van der Waals surface area contributed by atoms with E-state index in [4.69, 9.17) is 28.3 Å². The summed E-state index contributed by atoms with van der Waals surface area (Å²) < 4.78 is 0. The average molecular weight is 234 g/mol. The summed E-state index contributed by atoms with van der Waals surface area (Å²) in [7, 11) is 0. The van der Waals surface area contributed by atoms with E-state index in [0.717, 1.165) is 11.3 Å². The summed E-state index contributed by atoms with van der Waals surface area (Å²) in [5.74, 6) is 0. The number of rotatable bonds is 3. The van der Waals surface area contributed by atoms with E-state index in [1.165, 1.54) is 0 Å². The second kappa shape index (κ2) is 4.87. The van der Waals surface area contributed by atoms with Gasteiger partial charge in [-0.05, 0) is 31.5 Å². The van der Waals surface area contributed by atoms with Crippen molar-refractivity contribution < 1.29 is 5.11 Å². The molecule has 2 nitrogen and oxygen atoms in total. The van der Waals surface area contributed by atoms with Crippen molar-refractivity contribution in [3.05, 3.63) is 27.7 Å². The summed E-state index contributed by atoms with van der Waals surface area (Å²) in [6.07, 6.45) is -0.411. The lowest BCUT2D eigenvalue weighted by molar-refractivity contribution is 0.208. The SMILES string of the molecule is Cc1cc(Cl)c(NC[C@@H](C)O)cc1Cl. The second-order valence-corrected chi connectivity index (χ2v) is 4.13. The standard InChI is InChI=1S/C10H13Cl2NO/c1-6-3-9(12)10(4-8(6)11)13-5-7(2)14/h3-4,7,13-14H,5H2,1-2H3/t7-/m1/s1. The molecule has 1 atom stereocenters. The maximum atomic E-state index is 9.09. The first-order valence-corrected chi connectivity index (χ1v) is 5.14. The van der Waals surface area contributed by atoms with Gasteiger partial charge in [0.25, 0.3) is 0 Å². The van der Waals surface area contributed by atoms with E-state index in [1.54, 1.807) is 19.1 Å². The normalized spacial score (nSPS) is 12.6. The van der Waals surface area contributed by atoms with Gasteiger partial charge in [-0.3, -0.25) is 0 Å². The van der Waals surface area contributed by atoms with Gasteiger partial charge in [-0.25, -0.2) is 0 Å². The lowest BCUT2D eigenvalue weighted by atomic mass is 10.2. The van der Waals surface area contributed by atoms with Gasteiger partial charge in [-0.2, -0.15) is 0 Å². The van der Waals surface area contributed by atoms with Crippen LogP contribution in [0, 0.1) is 6.92 Å². The third-order valence-electron chi connectivity index (χ3n) is 1.84. The van der Waals surface area contributed by atoms with Gasteiger partial charge in [0.05, 0.1) is 16.8 Å². The van der Waals surface area contributed by atoms with E-state index in [0.29, 0.717) is 16.6 Å². The summed E-state index contributed by atoms with van der Waals surface area (Å²) >= 11 is 11.9. The maximum Gasteiger partial charge on any atom is 0.0684 e. The Morgan fingerprint density at radius 2 is 2.00 bits per heavy atom. The fourth-order valence-electron chi connectivity index (χ4n) is 1.04. The van der Waals surface area contributed by atoms with Crippen LogP contribution in [0.25, 0.3) is 0 Å². The summed E-state index contributed by atoms with van der Waals surface area (Å²) in [6.45, 7) is 4.06. The molecule has 1 aromatic rings. The molecule has 0 aromatic heterocycles. The van der Waals surface area contributed by atoms with Crippen molar-refractivity contribution in [2.24, 2.45) is 0 Å². The Labute approximate surface area is 93.8 Å². The molecule has 0 aliphatic rings. The largest absolute Gasteiger partial charge is 0.392 e. The summed E-state index contributed by atoms with van der Waals surface area (Å²) in [5, 5.41) is 13.4. The Morgan fingerprint density at radius 1 is 1.36 bits per heavy atom. The number of anilines is 1. The Kier molecular flexibility index (Phi) is 4.05. The molecular weight excluding hydrogens is 221 g/mol. The molecule has 1 rings (SSSR count). The molecule has 0 radical (unpaired) electrons. The predicted molar refractivity (Wildman–Crippen MR) is 61.4 cm³/mol. The molecule has 0 spiro atoms. The second-order valence-electron chi connectivity index (χ2n) is 3.31. The highest BCUT2D eigenvalue weighted by Gasteiger charge is 2.04.